The molecule has 1 saturated heterocycles. The lowest BCUT2D eigenvalue weighted by Crippen LogP contribution is -2.32. The van der Waals surface area contributed by atoms with E-state index in [0.29, 0.717) is 19.0 Å². The molecule has 1 heterocycles. The van der Waals surface area contributed by atoms with Crippen LogP contribution in [0.4, 0.5) is 5.69 Å². The fraction of sp³-hybridized carbons (Fsp3) is 0.333. The number of benzene rings is 2. The average molecular weight is 336 g/mol. The number of carbonyl (C=O) groups is 2. The van der Waals surface area contributed by atoms with E-state index in [9.17, 15) is 9.59 Å². The minimum atomic E-state index is -0.289. The Balaban J connectivity index is 1.56. The Kier molecular flexibility index (Phi) is 5.17. The van der Waals surface area contributed by atoms with Crippen LogP contribution in [0, 0.1) is 5.92 Å². The van der Waals surface area contributed by atoms with Crippen molar-refractivity contribution in [3.8, 4) is 0 Å². The van der Waals surface area contributed by atoms with Crippen LogP contribution in [0.1, 0.15) is 37.3 Å². The second kappa shape index (κ2) is 7.51. The van der Waals surface area contributed by atoms with Gasteiger partial charge in [0.1, 0.15) is 0 Å². The van der Waals surface area contributed by atoms with E-state index in [0.717, 1.165) is 11.3 Å². The van der Waals surface area contributed by atoms with Crippen molar-refractivity contribution in [2.24, 2.45) is 5.92 Å². The monoisotopic (exact) mass is 336 g/mol. The molecule has 1 N–H and O–H groups in total. The highest BCUT2D eigenvalue weighted by Crippen LogP contribution is 2.25. The molecule has 0 radical (unpaired) electrons. The summed E-state index contributed by atoms with van der Waals surface area (Å²) in [5.41, 5.74) is 3.21. The summed E-state index contributed by atoms with van der Waals surface area (Å²) in [6.07, 6.45) is 0.271. The fourth-order valence-electron chi connectivity index (χ4n) is 3.09. The van der Waals surface area contributed by atoms with Gasteiger partial charge in [-0.3, -0.25) is 9.59 Å². The maximum Gasteiger partial charge on any atom is 0.227 e. The zero-order chi connectivity index (χ0) is 17.8. The van der Waals surface area contributed by atoms with Crippen LogP contribution in [-0.4, -0.2) is 18.4 Å². The van der Waals surface area contributed by atoms with E-state index in [1.54, 1.807) is 4.90 Å². The molecule has 0 bridgehead atoms. The summed E-state index contributed by atoms with van der Waals surface area (Å²) in [7, 11) is 0. The number of para-hydroxylation sites is 1. The number of amides is 2. The summed E-state index contributed by atoms with van der Waals surface area (Å²) in [4.78, 5) is 26.3. The zero-order valence-corrected chi connectivity index (χ0v) is 14.7. The van der Waals surface area contributed by atoms with Crippen molar-refractivity contribution in [3.63, 3.8) is 0 Å². The molecule has 2 aromatic carbocycles. The van der Waals surface area contributed by atoms with Crippen molar-refractivity contribution in [1.29, 1.82) is 0 Å². The second-order valence-corrected chi connectivity index (χ2v) is 6.86. The van der Waals surface area contributed by atoms with Gasteiger partial charge in [-0.15, -0.1) is 0 Å². The van der Waals surface area contributed by atoms with Gasteiger partial charge in [0.05, 0.1) is 5.92 Å². The van der Waals surface area contributed by atoms with Crippen LogP contribution in [0.3, 0.4) is 0 Å². The average Bonchev–Trinajstić information content (AvgIpc) is 3.02. The molecule has 4 nitrogen and oxygen atoms in total. The lowest BCUT2D eigenvalue weighted by Gasteiger charge is -2.16. The summed E-state index contributed by atoms with van der Waals surface area (Å²) in [5.74, 6) is 0.159. The Morgan fingerprint density at radius 3 is 2.44 bits per heavy atom. The molecule has 1 atom stereocenters. The van der Waals surface area contributed by atoms with Gasteiger partial charge in [0.15, 0.2) is 0 Å². The number of nitrogens with zero attached hydrogens (tertiary/aromatic N) is 1. The summed E-state index contributed by atoms with van der Waals surface area (Å²) in [6, 6.07) is 17.8. The van der Waals surface area contributed by atoms with Gasteiger partial charge in [0.2, 0.25) is 11.8 Å². The summed E-state index contributed by atoms with van der Waals surface area (Å²) in [5, 5.41) is 2.96. The van der Waals surface area contributed by atoms with Crippen molar-refractivity contribution in [1.82, 2.24) is 5.32 Å². The van der Waals surface area contributed by atoms with Crippen LogP contribution >= 0.6 is 0 Å². The molecule has 0 unspecified atom stereocenters. The van der Waals surface area contributed by atoms with Gasteiger partial charge in [0.25, 0.3) is 0 Å². The van der Waals surface area contributed by atoms with Gasteiger partial charge in [-0.05, 0) is 29.2 Å². The molecule has 0 saturated carbocycles. The third-order valence-electron chi connectivity index (χ3n) is 4.68. The molecular formula is C21H24N2O2. The zero-order valence-electron chi connectivity index (χ0n) is 14.7. The standard InChI is InChI=1S/C21H24N2O2/c1-15(2)17-10-8-16(9-11-17)13-22-21(25)18-12-20(24)23(14-18)19-6-4-3-5-7-19/h3-11,15,18H,12-14H2,1-2H3,(H,22,25)/t18-/m0/s1. The van der Waals surface area contributed by atoms with Crippen LogP contribution in [0.5, 0.6) is 0 Å². The highest BCUT2D eigenvalue weighted by molar-refractivity contribution is 6.00. The highest BCUT2D eigenvalue weighted by Gasteiger charge is 2.34. The van der Waals surface area contributed by atoms with Crippen molar-refractivity contribution < 1.29 is 9.59 Å². The quantitative estimate of drug-likeness (QED) is 0.909. The van der Waals surface area contributed by atoms with Gasteiger partial charge in [-0.2, -0.15) is 0 Å². The number of carbonyl (C=O) groups excluding carboxylic acids is 2. The molecule has 0 aliphatic carbocycles. The molecule has 2 amide bonds. The van der Waals surface area contributed by atoms with Crippen LogP contribution in [0.25, 0.3) is 0 Å². The Labute approximate surface area is 148 Å². The lowest BCUT2D eigenvalue weighted by atomic mass is 10.0. The minimum Gasteiger partial charge on any atom is -0.352 e. The third-order valence-corrected chi connectivity index (χ3v) is 4.68. The van der Waals surface area contributed by atoms with Gasteiger partial charge in [-0.25, -0.2) is 0 Å². The Morgan fingerprint density at radius 1 is 1.12 bits per heavy atom. The first kappa shape index (κ1) is 17.2. The van der Waals surface area contributed by atoms with Crippen LogP contribution in [0.2, 0.25) is 0 Å². The van der Waals surface area contributed by atoms with E-state index < -0.39 is 0 Å². The van der Waals surface area contributed by atoms with Crippen LogP contribution < -0.4 is 10.2 Å². The summed E-state index contributed by atoms with van der Waals surface area (Å²) >= 11 is 0. The van der Waals surface area contributed by atoms with E-state index in [1.165, 1.54) is 5.56 Å². The number of hydrogen-bond donors (Lipinski definition) is 1. The molecule has 4 heteroatoms. The van der Waals surface area contributed by atoms with E-state index in [2.05, 4.69) is 31.3 Å². The highest BCUT2D eigenvalue weighted by atomic mass is 16.2. The van der Waals surface area contributed by atoms with Gasteiger partial charge < -0.3 is 10.2 Å². The molecule has 0 spiro atoms. The normalized spacial score (nSPS) is 17.2. The first-order valence-electron chi connectivity index (χ1n) is 8.76. The van der Waals surface area contributed by atoms with E-state index in [1.807, 2.05) is 42.5 Å². The Bertz CT molecular complexity index is 738. The summed E-state index contributed by atoms with van der Waals surface area (Å²) < 4.78 is 0. The molecule has 2 aromatic rings. The molecule has 130 valence electrons. The molecule has 25 heavy (non-hydrogen) atoms. The SMILES string of the molecule is CC(C)c1ccc(CNC(=O)[C@H]2CC(=O)N(c3ccccc3)C2)cc1. The minimum absolute atomic E-state index is 0.00707. The Morgan fingerprint density at radius 2 is 1.80 bits per heavy atom. The van der Waals surface area contributed by atoms with E-state index >= 15 is 0 Å². The maximum absolute atomic E-state index is 12.4. The molecule has 1 aliphatic rings. The maximum atomic E-state index is 12.4. The smallest absolute Gasteiger partial charge is 0.227 e. The van der Waals surface area contributed by atoms with Crippen LogP contribution in [-0.2, 0) is 16.1 Å². The van der Waals surface area contributed by atoms with Crippen molar-refractivity contribution in [3.05, 3.63) is 65.7 Å². The summed E-state index contributed by atoms with van der Waals surface area (Å²) in [6.45, 7) is 5.26. The number of hydrogen-bond acceptors (Lipinski definition) is 2. The van der Waals surface area contributed by atoms with Crippen molar-refractivity contribution >= 4 is 17.5 Å². The van der Waals surface area contributed by atoms with Gasteiger partial charge >= 0.3 is 0 Å². The third kappa shape index (κ3) is 4.08. The van der Waals surface area contributed by atoms with Gasteiger partial charge in [-0.1, -0.05) is 56.3 Å². The first-order valence-corrected chi connectivity index (χ1v) is 8.76. The predicted octanol–water partition coefficient (Wildman–Crippen LogP) is 3.48. The molecule has 3 rings (SSSR count). The van der Waals surface area contributed by atoms with Crippen molar-refractivity contribution in [2.75, 3.05) is 11.4 Å². The predicted molar refractivity (Wildman–Crippen MR) is 99.3 cm³/mol. The lowest BCUT2D eigenvalue weighted by molar-refractivity contribution is -0.126. The molecule has 0 aromatic heterocycles. The Hall–Kier alpha value is -2.62. The topological polar surface area (TPSA) is 49.4 Å². The fourth-order valence-corrected chi connectivity index (χ4v) is 3.09. The van der Waals surface area contributed by atoms with Gasteiger partial charge in [0, 0.05) is 25.2 Å². The van der Waals surface area contributed by atoms with Crippen LogP contribution in [0.15, 0.2) is 54.6 Å². The molecular weight excluding hydrogens is 312 g/mol. The van der Waals surface area contributed by atoms with E-state index in [-0.39, 0.29) is 24.2 Å². The largest absolute Gasteiger partial charge is 0.352 e. The number of anilines is 1. The number of rotatable bonds is 5. The number of nitrogens with one attached hydrogen (secondary N) is 1. The molecule has 1 aliphatic heterocycles. The molecule has 1 fully saturated rings. The van der Waals surface area contributed by atoms with Crippen molar-refractivity contribution in [2.45, 2.75) is 32.7 Å². The first-order chi connectivity index (χ1) is 12.0. The van der Waals surface area contributed by atoms with E-state index in [4.69, 9.17) is 0 Å². The second-order valence-electron chi connectivity index (χ2n) is 6.86.